The molecule has 1 heterocycles. The van der Waals surface area contributed by atoms with E-state index in [4.69, 9.17) is 0 Å². The van der Waals surface area contributed by atoms with E-state index in [1.807, 2.05) is 36.1 Å². The molecule has 1 fully saturated rings. The highest BCUT2D eigenvalue weighted by molar-refractivity contribution is 5.79. The Kier molecular flexibility index (Phi) is 4.95. The second-order valence-electron chi connectivity index (χ2n) is 6.19. The van der Waals surface area contributed by atoms with Crippen LogP contribution in [0.15, 0.2) is 47.7 Å². The summed E-state index contributed by atoms with van der Waals surface area (Å²) in [7, 11) is 3.90. The van der Waals surface area contributed by atoms with Crippen molar-refractivity contribution >= 4 is 5.96 Å². The summed E-state index contributed by atoms with van der Waals surface area (Å²) in [6.07, 6.45) is 8.03. The molecule has 0 bridgehead atoms. The maximum atomic E-state index is 4.45. The fourth-order valence-electron chi connectivity index (χ4n) is 2.69. The van der Waals surface area contributed by atoms with Crippen molar-refractivity contribution in [1.29, 1.82) is 0 Å². The third-order valence-corrected chi connectivity index (χ3v) is 4.18. The highest BCUT2D eigenvalue weighted by Crippen LogP contribution is 2.31. The quantitative estimate of drug-likeness (QED) is 0.659. The molecule has 1 aliphatic rings. The van der Waals surface area contributed by atoms with Gasteiger partial charge in [-0.3, -0.25) is 4.99 Å². The van der Waals surface area contributed by atoms with Gasteiger partial charge in [-0.2, -0.15) is 5.10 Å². The first kappa shape index (κ1) is 15.6. The molecule has 1 saturated carbocycles. The number of aliphatic imine (C=N–C) groups is 1. The number of aromatic nitrogens is 2. The van der Waals surface area contributed by atoms with Crippen molar-refractivity contribution in [3.8, 4) is 5.69 Å². The number of hydrogen-bond donors (Lipinski definition) is 1. The van der Waals surface area contributed by atoms with E-state index in [0.29, 0.717) is 0 Å². The molecule has 2 aromatic rings. The second-order valence-corrected chi connectivity index (χ2v) is 6.19. The van der Waals surface area contributed by atoms with Crippen molar-refractivity contribution < 1.29 is 0 Å². The zero-order valence-corrected chi connectivity index (χ0v) is 13.9. The number of nitrogens with zero attached hydrogens (tertiary/aromatic N) is 4. The summed E-state index contributed by atoms with van der Waals surface area (Å²) < 4.78 is 1.91. The molecule has 0 aliphatic heterocycles. The molecule has 1 aromatic carbocycles. The summed E-state index contributed by atoms with van der Waals surface area (Å²) in [5.41, 5.74) is 2.25. The van der Waals surface area contributed by atoms with Crippen LogP contribution in [0.1, 0.15) is 24.8 Å². The van der Waals surface area contributed by atoms with E-state index in [-0.39, 0.29) is 0 Å². The molecule has 0 spiro atoms. The lowest BCUT2D eigenvalue weighted by Gasteiger charge is -2.21. The van der Waals surface area contributed by atoms with Crippen LogP contribution in [-0.2, 0) is 6.54 Å². The van der Waals surface area contributed by atoms with Gasteiger partial charge in [-0.1, -0.05) is 31.0 Å². The van der Waals surface area contributed by atoms with E-state index in [2.05, 4.69) is 45.7 Å². The molecule has 0 atom stereocenters. The van der Waals surface area contributed by atoms with E-state index < -0.39 is 0 Å². The van der Waals surface area contributed by atoms with Crippen LogP contribution in [0.25, 0.3) is 5.69 Å². The lowest BCUT2D eigenvalue weighted by molar-refractivity contribution is 0.474. The normalized spacial score (nSPS) is 14.8. The average molecular weight is 311 g/mol. The van der Waals surface area contributed by atoms with Crippen LogP contribution in [-0.4, -0.2) is 41.3 Å². The SMILES string of the molecule is CN=C(NCCC1CC1)N(C)Cc1cnn(-c2ccccc2)c1. The van der Waals surface area contributed by atoms with Crippen molar-refractivity contribution in [1.82, 2.24) is 20.0 Å². The Balaban J connectivity index is 1.56. The van der Waals surface area contributed by atoms with Gasteiger partial charge in [0.05, 0.1) is 11.9 Å². The molecule has 3 rings (SSSR count). The molecule has 5 nitrogen and oxygen atoms in total. The fourth-order valence-corrected chi connectivity index (χ4v) is 2.69. The van der Waals surface area contributed by atoms with Crippen molar-refractivity contribution in [2.45, 2.75) is 25.8 Å². The third kappa shape index (κ3) is 4.34. The van der Waals surface area contributed by atoms with E-state index >= 15 is 0 Å². The predicted octanol–water partition coefficient (Wildman–Crippen LogP) is 2.68. The number of guanidine groups is 1. The van der Waals surface area contributed by atoms with Crippen molar-refractivity contribution in [2.75, 3.05) is 20.6 Å². The maximum Gasteiger partial charge on any atom is 0.193 e. The molecule has 1 aromatic heterocycles. The predicted molar refractivity (Wildman–Crippen MR) is 93.7 cm³/mol. The summed E-state index contributed by atoms with van der Waals surface area (Å²) in [5, 5.41) is 7.90. The minimum atomic E-state index is 0.788. The molecule has 0 amide bonds. The monoisotopic (exact) mass is 311 g/mol. The van der Waals surface area contributed by atoms with Crippen molar-refractivity contribution in [3.63, 3.8) is 0 Å². The van der Waals surface area contributed by atoms with E-state index in [0.717, 1.165) is 30.7 Å². The Bertz CT molecular complexity index is 642. The van der Waals surface area contributed by atoms with Gasteiger partial charge >= 0.3 is 0 Å². The number of rotatable bonds is 6. The highest BCUT2D eigenvalue weighted by Gasteiger charge is 2.20. The molecule has 0 saturated heterocycles. The van der Waals surface area contributed by atoms with Gasteiger partial charge in [0.1, 0.15) is 0 Å². The number of nitrogens with one attached hydrogen (secondary N) is 1. The van der Waals surface area contributed by atoms with E-state index in [1.54, 1.807) is 0 Å². The van der Waals surface area contributed by atoms with E-state index in [1.165, 1.54) is 24.8 Å². The summed E-state index contributed by atoms with van der Waals surface area (Å²) in [6.45, 7) is 1.79. The van der Waals surface area contributed by atoms with Gasteiger partial charge in [0.15, 0.2) is 5.96 Å². The van der Waals surface area contributed by atoms with Crippen LogP contribution in [0.4, 0.5) is 0 Å². The minimum Gasteiger partial charge on any atom is -0.356 e. The average Bonchev–Trinajstić information content (AvgIpc) is 3.29. The Hall–Kier alpha value is -2.30. The molecule has 23 heavy (non-hydrogen) atoms. The Morgan fingerprint density at radius 3 is 2.83 bits per heavy atom. The summed E-state index contributed by atoms with van der Waals surface area (Å²) >= 11 is 0. The number of para-hydroxylation sites is 1. The van der Waals surface area contributed by atoms with Crippen LogP contribution in [0.3, 0.4) is 0 Å². The zero-order chi connectivity index (χ0) is 16.1. The fraction of sp³-hybridized carbons (Fsp3) is 0.444. The van der Waals surface area contributed by atoms with Gasteiger partial charge in [0.2, 0.25) is 0 Å². The lowest BCUT2D eigenvalue weighted by Crippen LogP contribution is -2.38. The molecule has 1 aliphatic carbocycles. The van der Waals surface area contributed by atoms with Gasteiger partial charge in [-0.25, -0.2) is 4.68 Å². The van der Waals surface area contributed by atoms with Crippen LogP contribution in [0, 0.1) is 5.92 Å². The molecule has 0 unspecified atom stereocenters. The topological polar surface area (TPSA) is 45.5 Å². The minimum absolute atomic E-state index is 0.788. The Morgan fingerprint density at radius 1 is 1.35 bits per heavy atom. The maximum absolute atomic E-state index is 4.45. The highest BCUT2D eigenvalue weighted by atomic mass is 15.3. The number of hydrogen-bond acceptors (Lipinski definition) is 2. The van der Waals surface area contributed by atoms with Crippen LogP contribution in [0.5, 0.6) is 0 Å². The van der Waals surface area contributed by atoms with Crippen LogP contribution >= 0.6 is 0 Å². The number of benzene rings is 1. The molecule has 1 N–H and O–H groups in total. The summed E-state index contributed by atoms with van der Waals surface area (Å²) in [5.74, 6) is 1.88. The zero-order valence-electron chi connectivity index (χ0n) is 13.9. The summed E-state index contributed by atoms with van der Waals surface area (Å²) in [4.78, 5) is 6.51. The first-order valence-corrected chi connectivity index (χ1v) is 8.27. The van der Waals surface area contributed by atoms with Gasteiger partial charge in [0, 0.05) is 38.9 Å². The van der Waals surface area contributed by atoms with Gasteiger partial charge in [-0.05, 0) is 24.5 Å². The van der Waals surface area contributed by atoms with Crippen molar-refractivity contribution in [3.05, 3.63) is 48.3 Å². The largest absolute Gasteiger partial charge is 0.356 e. The van der Waals surface area contributed by atoms with Crippen LogP contribution in [0.2, 0.25) is 0 Å². The van der Waals surface area contributed by atoms with Gasteiger partial charge in [0.25, 0.3) is 0 Å². The molecular weight excluding hydrogens is 286 g/mol. The molecule has 0 radical (unpaired) electrons. The third-order valence-electron chi connectivity index (χ3n) is 4.18. The van der Waals surface area contributed by atoms with Crippen LogP contribution < -0.4 is 5.32 Å². The Morgan fingerprint density at radius 2 is 2.13 bits per heavy atom. The smallest absolute Gasteiger partial charge is 0.193 e. The first-order valence-electron chi connectivity index (χ1n) is 8.27. The molecule has 122 valence electrons. The lowest BCUT2D eigenvalue weighted by atomic mass is 10.3. The van der Waals surface area contributed by atoms with E-state index in [9.17, 15) is 0 Å². The first-order chi connectivity index (χ1) is 11.3. The molecular formula is C18H25N5. The van der Waals surface area contributed by atoms with Gasteiger partial charge in [-0.15, -0.1) is 0 Å². The second kappa shape index (κ2) is 7.31. The van der Waals surface area contributed by atoms with Crippen molar-refractivity contribution in [2.24, 2.45) is 10.9 Å². The molecule has 5 heteroatoms. The Labute approximate surface area is 138 Å². The van der Waals surface area contributed by atoms with Gasteiger partial charge < -0.3 is 10.2 Å². The summed E-state index contributed by atoms with van der Waals surface area (Å²) in [6, 6.07) is 10.2. The standard InChI is InChI=1S/C18H25N5/c1-19-18(20-11-10-15-8-9-15)22(2)13-16-12-21-23(14-16)17-6-4-3-5-7-17/h3-7,12,14-15H,8-11,13H2,1-2H3,(H,19,20).